The van der Waals surface area contributed by atoms with Crippen LogP contribution in [0.4, 0.5) is 17.1 Å². The first-order valence-corrected chi connectivity index (χ1v) is 8.73. The lowest BCUT2D eigenvalue weighted by atomic mass is 10.1. The lowest BCUT2D eigenvalue weighted by molar-refractivity contribution is -0.384. The molecule has 0 radical (unpaired) electrons. The number of amides is 1. The van der Waals surface area contributed by atoms with E-state index in [0.717, 1.165) is 29.5 Å². The first kappa shape index (κ1) is 16.7. The monoisotopic (exact) mass is 437 g/mol. The van der Waals surface area contributed by atoms with Crippen molar-refractivity contribution in [3.8, 4) is 0 Å². The molecule has 0 aliphatic carbocycles. The van der Waals surface area contributed by atoms with Gasteiger partial charge in [0.25, 0.3) is 11.6 Å². The van der Waals surface area contributed by atoms with Gasteiger partial charge < -0.3 is 10.2 Å². The fourth-order valence-electron chi connectivity index (χ4n) is 2.77. The molecule has 0 bridgehead atoms. The molecule has 6 nitrogen and oxygen atoms in total. The van der Waals surface area contributed by atoms with E-state index in [9.17, 15) is 14.9 Å². The van der Waals surface area contributed by atoms with E-state index in [1.807, 2.05) is 17.0 Å². The van der Waals surface area contributed by atoms with Gasteiger partial charge in [0.1, 0.15) is 5.69 Å². The van der Waals surface area contributed by atoms with Gasteiger partial charge >= 0.3 is 0 Å². The lowest BCUT2D eigenvalue weighted by Crippen LogP contribution is -2.19. The predicted molar refractivity (Wildman–Crippen MR) is 102 cm³/mol. The van der Waals surface area contributed by atoms with Gasteiger partial charge in [-0.05, 0) is 71.8 Å². The highest BCUT2D eigenvalue weighted by atomic mass is 127. The third kappa shape index (κ3) is 3.66. The Balaban J connectivity index is 1.85. The standard InChI is InChI=1S/C17H16IN3O3/c18-13-4-6-14(7-5-13)19-17(22)12-3-8-15(16(11-12)21(23)24)20-9-1-2-10-20/h3-8,11H,1-2,9-10H2,(H,19,22). The summed E-state index contributed by atoms with van der Waals surface area (Å²) >= 11 is 2.18. The second-order valence-electron chi connectivity index (χ2n) is 5.62. The molecular weight excluding hydrogens is 421 g/mol. The van der Waals surface area contributed by atoms with Crippen molar-refractivity contribution in [2.75, 3.05) is 23.3 Å². The van der Waals surface area contributed by atoms with Gasteiger partial charge in [-0.15, -0.1) is 0 Å². The zero-order valence-electron chi connectivity index (χ0n) is 12.9. The van der Waals surface area contributed by atoms with Gasteiger partial charge in [-0.2, -0.15) is 0 Å². The zero-order chi connectivity index (χ0) is 17.1. The number of nitrogens with zero attached hydrogens (tertiary/aromatic N) is 2. The largest absolute Gasteiger partial charge is 0.366 e. The van der Waals surface area contributed by atoms with Crippen molar-refractivity contribution in [3.63, 3.8) is 0 Å². The maximum absolute atomic E-state index is 12.4. The summed E-state index contributed by atoms with van der Waals surface area (Å²) in [6, 6.07) is 12.0. The van der Waals surface area contributed by atoms with Crippen LogP contribution in [0.15, 0.2) is 42.5 Å². The minimum Gasteiger partial charge on any atom is -0.366 e. The van der Waals surface area contributed by atoms with Crippen LogP contribution in [0, 0.1) is 13.7 Å². The van der Waals surface area contributed by atoms with Crippen LogP contribution in [-0.2, 0) is 0 Å². The molecule has 0 saturated carbocycles. The van der Waals surface area contributed by atoms with Gasteiger partial charge in [-0.25, -0.2) is 0 Å². The summed E-state index contributed by atoms with van der Waals surface area (Å²) in [6.45, 7) is 1.63. The van der Waals surface area contributed by atoms with Gasteiger partial charge in [-0.3, -0.25) is 14.9 Å². The molecule has 0 atom stereocenters. The summed E-state index contributed by atoms with van der Waals surface area (Å²) in [7, 11) is 0. The van der Waals surface area contributed by atoms with Crippen LogP contribution in [0.2, 0.25) is 0 Å². The molecule has 2 aromatic rings. The fraction of sp³-hybridized carbons (Fsp3) is 0.235. The van der Waals surface area contributed by atoms with Gasteiger partial charge in [0.2, 0.25) is 0 Å². The number of hydrogen-bond acceptors (Lipinski definition) is 4. The van der Waals surface area contributed by atoms with E-state index in [4.69, 9.17) is 0 Å². The Morgan fingerprint density at radius 2 is 1.79 bits per heavy atom. The Morgan fingerprint density at radius 3 is 2.42 bits per heavy atom. The van der Waals surface area contributed by atoms with Crippen LogP contribution in [0.1, 0.15) is 23.2 Å². The molecule has 0 aromatic heterocycles. The number of nitro groups is 1. The third-order valence-electron chi connectivity index (χ3n) is 3.98. The Hall–Kier alpha value is -2.16. The highest BCUT2D eigenvalue weighted by molar-refractivity contribution is 14.1. The van der Waals surface area contributed by atoms with Gasteiger partial charge in [0, 0.05) is 34.0 Å². The fourth-order valence-corrected chi connectivity index (χ4v) is 3.13. The number of rotatable bonds is 4. The molecule has 124 valence electrons. The van der Waals surface area contributed by atoms with E-state index in [2.05, 4.69) is 27.9 Å². The smallest absolute Gasteiger partial charge is 0.293 e. The number of benzene rings is 2. The number of nitro benzene ring substituents is 1. The SMILES string of the molecule is O=C(Nc1ccc(I)cc1)c1ccc(N2CCCC2)c([N+](=O)[O-])c1. The van der Waals surface area contributed by atoms with Crippen LogP contribution in [-0.4, -0.2) is 23.9 Å². The average molecular weight is 437 g/mol. The molecule has 3 rings (SSSR count). The normalized spacial score (nSPS) is 13.8. The van der Waals surface area contributed by atoms with Crippen molar-refractivity contribution in [1.29, 1.82) is 0 Å². The lowest BCUT2D eigenvalue weighted by Gasteiger charge is -2.17. The highest BCUT2D eigenvalue weighted by Crippen LogP contribution is 2.31. The zero-order valence-corrected chi connectivity index (χ0v) is 15.0. The number of carbonyl (C=O) groups excluding carboxylic acids is 1. The number of carbonyl (C=O) groups is 1. The maximum atomic E-state index is 12.4. The number of hydrogen-bond donors (Lipinski definition) is 1. The van der Waals surface area contributed by atoms with Crippen LogP contribution >= 0.6 is 22.6 Å². The van der Waals surface area contributed by atoms with Crippen molar-refractivity contribution in [1.82, 2.24) is 0 Å². The highest BCUT2D eigenvalue weighted by Gasteiger charge is 2.23. The van der Waals surface area contributed by atoms with Crippen LogP contribution in [0.3, 0.4) is 0 Å². The number of anilines is 2. The van der Waals surface area contributed by atoms with Crippen molar-refractivity contribution in [2.24, 2.45) is 0 Å². The first-order chi connectivity index (χ1) is 11.5. The molecule has 0 unspecified atom stereocenters. The van der Waals surface area contributed by atoms with Crippen molar-refractivity contribution in [2.45, 2.75) is 12.8 Å². The summed E-state index contributed by atoms with van der Waals surface area (Å²) in [6.07, 6.45) is 2.07. The topological polar surface area (TPSA) is 75.5 Å². The van der Waals surface area contributed by atoms with E-state index in [0.29, 0.717) is 11.4 Å². The summed E-state index contributed by atoms with van der Waals surface area (Å²) in [4.78, 5) is 25.3. The number of nitrogens with one attached hydrogen (secondary N) is 1. The van der Waals surface area contributed by atoms with E-state index in [1.54, 1.807) is 24.3 Å². The molecule has 0 spiro atoms. The van der Waals surface area contributed by atoms with E-state index in [1.165, 1.54) is 6.07 Å². The first-order valence-electron chi connectivity index (χ1n) is 7.65. The average Bonchev–Trinajstić information content (AvgIpc) is 3.10. The molecule has 1 N–H and O–H groups in total. The second kappa shape index (κ2) is 7.16. The minimum absolute atomic E-state index is 0.0211. The van der Waals surface area contributed by atoms with Crippen molar-refractivity contribution < 1.29 is 9.72 Å². The summed E-state index contributed by atoms with van der Waals surface area (Å²) in [5.74, 6) is -0.354. The third-order valence-corrected chi connectivity index (χ3v) is 4.70. The van der Waals surface area contributed by atoms with Crippen molar-refractivity contribution >= 4 is 45.6 Å². The van der Waals surface area contributed by atoms with E-state index >= 15 is 0 Å². The Morgan fingerprint density at radius 1 is 1.12 bits per heavy atom. The van der Waals surface area contributed by atoms with Gasteiger partial charge in [-0.1, -0.05) is 0 Å². The van der Waals surface area contributed by atoms with Crippen LogP contribution in [0.5, 0.6) is 0 Å². The van der Waals surface area contributed by atoms with E-state index in [-0.39, 0.29) is 17.2 Å². The Bertz CT molecular complexity index is 771. The van der Waals surface area contributed by atoms with Crippen LogP contribution in [0.25, 0.3) is 0 Å². The Labute approximate surface area is 153 Å². The molecule has 1 heterocycles. The quantitative estimate of drug-likeness (QED) is 0.445. The molecule has 2 aromatic carbocycles. The predicted octanol–water partition coefficient (Wildman–Crippen LogP) is 4.05. The molecule has 1 aliphatic rings. The Kier molecular flexibility index (Phi) is 4.98. The van der Waals surface area contributed by atoms with Gasteiger partial charge in [0.05, 0.1) is 4.92 Å². The summed E-state index contributed by atoms with van der Waals surface area (Å²) in [5, 5.41) is 14.2. The second-order valence-corrected chi connectivity index (χ2v) is 6.86. The summed E-state index contributed by atoms with van der Waals surface area (Å²) < 4.78 is 1.07. The maximum Gasteiger partial charge on any atom is 0.293 e. The molecule has 1 saturated heterocycles. The molecule has 1 aliphatic heterocycles. The van der Waals surface area contributed by atoms with Crippen LogP contribution < -0.4 is 10.2 Å². The molecule has 1 fully saturated rings. The number of halogens is 1. The minimum atomic E-state index is -0.421. The molecule has 7 heteroatoms. The van der Waals surface area contributed by atoms with Gasteiger partial charge in [0.15, 0.2) is 0 Å². The molecular formula is C17H16IN3O3. The molecule has 1 amide bonds. The molecule has 24 heavy (non-hydrogen) atoms. The van der Waals surface area contributed by atoms with Crippen molar-refractivity contribution in [3.05, 3.63) is 61.7 Å². The summed E-state index contributed by atoms with van der Waals surface area (Å²) in [5.41, 5.74) is 1.50. The van der Waals surface area contributed by atoms with E-state index < -0.39 is 4.92 Å².